The lowest BCUT2D eigenvalue weighted by Crippen LogP contribution is -2.43. The summed E-state index contributed by atoms with van der Waals surface area (Å²) in [6, 6.07) is 7.57. The van der Waals surface area contributed by atoms with E-state index < -0.39 is 0 Å². The molecule has 1 aliphatic rings. The van der Waals surface area contributed by atoms with Crippen LogP contribution in [0.5, 0.6) is 0 Å². The largest absolute Gasteiger partial charge is 0.439 e. The molecule has 0 aliphatic carbocycles. The van der Waals surface area contributed by atoms with E-state index in [4.69, 9.17) is 16.0 Å². The van der Waals surface area contributed by atoms with Crippen molar-refractivity contribution in [2.45, 2.75) is 25.4 Å². The number of aromatic nitrogens is 1. The van der Waals surface area contributed by atoms with E-state index in [1.807, 2.05) is 24.3 Å². The Balaban J connectivity index is 1.66. The SMILES string of the molecule is CC1(NCc2ncc(-c3ccc(Cl)cc3)o2)CCNC1. The second kappa shape index (κ2) is 5.56. The zero-order valence-corrected chi connectivity index (χ0v) is 12.2. The van der Waals surface area contributed by atoms with Crippen molar-refractivity contribution in [2.75, 3.05) is 13.1 Å². The van der Waals surface area contributed by atoms with Crippen LogP contribution in [0, 0.1) is 0 Å². The summed E-state index contributed by atoms with van der Waals surface area (Å²) in [6.45, 7) is 4.91. The van der Waals surface area contributed by atoms with E-state index >= 15 is 0 Å². The molecule has 1 unspecified atom stereocenters. The molecule has 106 valence electrons. The summed E-state index contributed by atoms with van der Waals surface area (Å²) in [6.07, 6.45) is 2.88. The molecule has 1 aromatic heterocycles. The Morgan fingerprint density at radius 2 is 2.20 bits per heavy atom. The fraction of sp³-hybridized carbons (Fsp3) is 0.400. The molecule has 0 bridgehead atoms. The molecule has 0 radical (unpaired) electrons. The van der Waals surface area contributed by atoms with Crippen LogP contribution in [0.1, 0.15) is 19.2 Å². The van der Waals surface area contributed by atoms with E-state index in [2.05, 4.69) is 22.5 Å². The Hall–Kier alpha value is -1.36. The highest BCUT2D eigenvalue weighted by Gasteiger charge is 2.27. The fourth-order valence-electron chi connectivity index (χ4n) is 2.40. The highest BCUT2D eigenvalue weighted by molar-refractivity contribution is 6.30. The van der Waals surface area contributed by atoms with E-state index in [9.17, 15) is 0 Å². The summed E-state index contributed by atoms with van der Waals surface area (Å²) in [5.41, 5.74) is 1.12. The molecular formula is C15H18ClN3O. The summed E-state index contributed by atoms with van der Waals surface area (Å²) < 4.78 is 5.78. The van der Waals surface area contributed by atoms with Crippen molar-refractivity contribution >= 4 is 11.6 Å². The van der Waals surface area contributed by atoms with Gasteiger partial charge in [0.1, 0.15) is 0 Å². The topological polar surface area (TPSA) is 50.1 Å². The minimum Gasteiger partial charge on any atom is -0.439 e. The van der Waals surface area contributed by atoms with Crippen LogP contribution in [0.3, 0.4) is 0 Å². The smallest absolute Gasteiger partial charge is 0.208 e. The average Bonchev–Trinajstić information content (AvgIpc) is 3.07. The molecule has 1 fully saturated rings. The zero-order valence-electron chi connectivity index (χ0n) is 11.4. The van der Waals surface area contributed by atoms with Crippen molar-refractivity contribution < 1.29 is 4.42 Å². The second-order valence-corrected chi connectivity index (χ2v) is 5.90. The molecule has 5 heteroatoms. The quantitative estimate of drug-likeness (QED) is 0.909. The molecule has 3 rings (SSSR count). The van der Waals surface area contributed by atoms with E-state index in [0.717, 1.165) is 35.9 Å². The van der Waals surface area contributed by atoms with Crippen molar-refractivity contribution in [1.29, 1.82) is 0 Å². The molecular weight excluding hydrogens is 274 g/mol. The number of oxazole rings is 1. The molecule has 0 spiro atoms. The molecule has 1 aromatic carbocycles. The Kier molecular flexibility index (Phi) is 3.78. The molecule has 1 atom stereocenters. The van der Waals surface area contributed by atoms with Crippen LogP contribution in [0.2, 0.25) is 5.02 Å². The number of halogens is 1. The third-order valence-electron chi connectivity index (χ3n) is 3.72. The van der Waals surface area contributed by atoms with E-state index in [1.54, 1.807) is 6.20 Å². The lowest BCUT2D eigenvalue weighted by Gasteiger charge is -2.23. The van der Waals surface area contributed by atoms with Gasteiger partial charge in [-0.3, -0.25) is 0 Å². The number of rotatable bonds is 4. The molecule has 2 aromatic rings. The van der Waals surface area contributed by atoms with Crippen LogP contribution in [0.4, 0.5) is 0 Å². The van der Waals surface area contributed by atoms with Crippen LogP contribution < -0.4 is 10.6 Å². The number of hydrogen-bond acceptors (Lipinski definition) is 4. The van der Waals surface area contributed by atoms with Crippen LogP contribution in [0.15, 0.2) is 34.9 Å². The zero-order chi connectivity index (χ0) is 14.0. The highest BCUT2D eigenvalue weighted by Crippen LogP contribution is 2.22. The minimum absolute atomic E-state index is 0.134. The number of nitrogens with one attached hydrogen (secondary N) is 2. The maximum Gasteiger partial charge on any atom is 0.208 e. The van der Waals surface area contributed by atoms with Crippen molar-refractivity contribution in [1.82, 2.24) is 15.6 Å². The van der Waals surface area contributed by atoms with E-state index in [0.29, 0.717) is 12.4 Å². The number of hydrogen-bond donors (Lipinski definition) is 2. The van der Waals surface area contributed by atoms with E-state index in [1.165, 1.54) is 0 Å². The molecule has 20 heavy (non-hydrogen) atoms. The van der Waals surface area contributed by atoms with Gasteiger partial charge in [0.2, 0.25) is 5.89 Å². The average molecular weight is 292 g/mol. The normalized spacial score (nSPS) is 22.3. The van der Waals surface area contributed by atoms with Gasteiger partial charge >= 0.3 is 0 Å². The Bertz CT molecular complexity index is 573. The lowest BCUT2D eigenvalue weighted by molar-refractivity contribution is 0.356. The summed E-state index contributed by atoms with van der Waals surface area (Å²) in [7, 11) is 0. The monoisotopic (exact) mass is 291 g/mol. The van der Waals surface area contributed by atoms with Crippen molar-refractivity contribution in [2.24, 2.45) is 0 Å². The lowest BCUT2D eigenvalue weighted by atomic mass is 10.0. The number of nitrogens with zero attached hydrogens (tertiary/aromatic N) is 1. The van der Waals surface area contributed by atoms with Gasteiger partial charge in [0.05, 0.1) is 12.7 Å². The third-order valence-corrected chi connectivity index (χ3v) is 3.97. The predicted octanol–water partition coefficient (Wildman–Crippen LogP) is 2.84. The summed E-state index contributed by atoms with van der Waals surface area (Å²) in [5.74, 6) is 1.48. The van der Waals surface area contributed by atoms with Gasteiger partial charge in [-0.2, -0.15) is 0 Å². The Labute approximate surface area is 123 Å². The first-order chi connectivity index (χ1) is 9.65. The van der Waals surface area contributed by atoms with Crippen molar-refractivity contribution in [3.05, 3.63) is 41.4 Å². The molecule has 0 amide bonds. The van der Waals surface area contributed by atoms with Crippen molar-refractivity contribution in [3.8, 4) is 11.3 Å². The third kappa shape index (κ3) is 3.03. The van der Waals surface area contributed by atoms with Crippen LogP contribution in [0.25, 0.3) is 11.3 Å². The minimum atomic E-state index is 0.134. The Morgan fingerprint density at radius 3 is 2.90 bits per heavy atom. The molecule has 1 saturated heterocycles. The summed E-state index contributed by atoms with van der Waals surface area (Å²) in [4.78, 5) is 4.32. The van der Waals surface area contributed by atoms with Gasteiger partial charge in [-0.05, 0) is 44.2 Å². The second-order valence-electron chi connectivity index (χ2n) is 5.47. The molecule has 2 heterocycles. The Morgan fingerprint density at radius 1 is 1.40 bits per heavy atom. The van der Waals surface area contributed by atoms with Crippen LogP contribution >= 0.6 is 11.6 Å². The fourth-order valence-corrected chi connectivity index (χ4v) is 2.52. The summed E-state index contributed by atoms with van der Waals surface area (Å²) >= 11 is 5.88. The highest BCUT2D eigenvalue weighted by atomic mass is 35.5. The van der Waals surface area contributed by atoms with Gasteiger partial charge in [0.15, 0.2) is 5.76 Å². The molecule has 1 aliphatic heterocycles. The first-order valence-corrected chi connectivity index (χ1v) is 7.19. The van der Waals surface area contributed by atoms with Gasteiger partial charge in [-0.25, -0.2) is 4.98 Å². The van der Waals surface area contributed by atoms with Gasteiger partial charge in [0, 0.05) is 22.7 Å². The summed E-state index contributed by atoms with van der Waals surface area (Å²) in [5, 5.41) is 7.59. The number of benzene rings is 1. The first kappa shape index (κ1) is 13.6. The molecule has 2 N–H and O–H groups in total. The van der Waals surface area contributed by atoms with Gasteiger partial charge in [-0.15, -0.1) is 0 Å². The molecule has 4 nitrogen and oxygen atoms in total. The van der Waals surface area contributed by atoms with Gasteiger partial charge in [-0.1, -0.05) is 11.6 Å². The van der Waals surface area contributed by atoms with Crippen molar-refractivity contribution in [3.63, 3.8) is 0 Å². The van der Waals surface area contributed by atoms with Gasteiger partial charge < -0.3 is 15.1 Å². The van der Waals surface area contributed by atoms with Crippen LogP contribution in [-0.2, 0) is 6.54 Å². The maximum absolute atomic E-state index is 5.88. The van der Waals surface area contributed by atoms with E-state index in [-0.39, 0.29) is 5.54 Å². The first-order valence-electron chi connectivity index (χ1n) is 6.81. The van der Waals surface area contributed by atoms with Crippen LogP contribution in [-0.4, -0.2) is 23.6 Å². The predicted molar refractivity (Wildman–Crippen MR) is 79.7 cm³/mol. The van der Waals surface area contributed by atoms with Gasteiger partial charge in [0.25, 0.3) is 0 Å². The molecule has 0 saturated carbocycles. The maximum atomic E-state index is 5.88. The standard InChI is InChI=1S/C15H18ClN3O/c1-15(6-7-17-10-15)19-9-14-18-8-13(20-14)11-2-4-12(16)5-3-11/h2-5,8,17,19H,6-7,9-10H2,1H3.